The topological polar surface area (TPSA) is 108 Å². The Bertz CT molecular complexity index is 1190. The predicted octanol–water partition coefficient (Wildman–Crippen LogP) is 3.92. The van der Waals surface area contributed by atoms with E-state index >= 15 is 0 Å². The van der Waals surface area contributed by atoms with Gasteiger partial charge in [0.05, 0.1) is 11.1 Å². The third kappa shape index (κ3) is 5.37. The second kappa shape index (κ2) is 8.98. The van der Waals surface area contributed by atoms with Crippen molar-refractivity contribution in [2.45, 2.75) is 11.8 Å². The second-order valence-electron chi connectivity index (χ2n) is 6.40. The molecule has 9 heteroatoms. The van der Waals surface area contributed by atoms with Crippen LogP contribution in [0.1, 0.15) is 21.5 Å². The maximum atomic E-state index is 12.4. The average Bonchev–Trinajstić information content (AvgIpc) is 2.71. The Kier molecular flexibility index (Phi) is 6.39. The van der Waals surface area contributed by atoms with Gasteiger partial charge in [0.2, 0.25) is 0 Å². The molecule has 7 nitrogen and oxygen atoms in total. The van der Waals surface area contributed by atoms with Crippen LogP contribution in [0, 0.1) is 6.92 Å². The van der Waals surface area contributed by atoms with Crippen molar-refractivity contribution < 1.29 is 18.3 Å². The summed E-state index contributed by atoms with van der Waals surface area (Å²) in [6, 6.07) is 16.8. The molecule has 0 aromatic heterocycles. The summed E-state index contributed by atoms with van der Waals surface area (Å²) in [5.74, 6) is -0.525. The van der Waals surface area contributed by atoms with Crippen LogP contribution in [-0.4, -0.2) is 25.6 Å². The molecule has 0 unspecified atom stereocenters. The minimum absolute atomic E-state index is 0.0254. The van der Waals surface area contributed by atoms with E-state index in [1.165, 1.54) is 60.8 Å². The zero-order valence-electron chi connectivity index (χ0n) is 15.8. The average molecular weight is 444 g/mol. The van der Waals surface area contributed by atoms with Crippen molar-refractivity contribution in [3.63, 3.8) is 0 Å². The van der Waals surface area contributed by atoms with Gasteiger partial charge in [-0.05, 0) is 61.5 Å². The van der Waals surface area contributed by atoms with Crippen LogP contribution in [0.4, 0.5) is 5.69 Å². The minimum atomic E-state index is -3.72. The molecule has 3 N–H and O–H groups in total. The van der Waals surface area contributed by atoms with E-state index < -0.39 is 15.9 Å². The summed E-state index contributed by atoms with van der Waals surface area (Å²) in [6.45, 7) is 1.87. The van der Waals surface area contributed by atoms with Crippen LogP contribution >= 0.6 is 11.6 Å². The van der Waals surface area contributed by atoms with E-state index in [2.05, 4.69) is 15.2 Å². The molecule has 0 radical (unpaired) electrons. The highest BCUT2D eigenvalue weighted by molar-refractivity contribution is 7.92. The molecule has 0 heterocycles. The van der Waals surface area contributed by atoms with Crippen LogP contribution in [0.25, 0.3) is 0 Å². The van der Waals surface area contributed by atoms with Gasteiger partial charge in [0.15, 0.2) is 0 Å². The monoisotopic (exact) mass is 443 g/mol. The summed E-state index contributed by atoms with van der Waals surface area (Å²) in [6.07, 6.45) is 1.27. The SMILES string of the molecule is Cc1ccc(S(=O)(=O)Nc2ccc(C(=O)N/N=C\c3cc(Cl)ccc3O)cc2)cc1. The number of anilines is 1. The summed E-state index contributed by atoms with van der Waals surface area (Å²) in [5, 5.41) is 13.9. The fraction of sp³-hybridized carbons (Fsp3) is 0.0476. The van der Waals surface area contributed by atoms with Gasteiger partial charge >= 0.3 is 0 Å². The summed E-state index contributed by atoms with van der Waals surface area (Å²) in [5.41, 5.74) is 4.23. The molecule has 0 fully saturated rings. The smallest absolute Gasteiger partial charge is 0.271 e. The Morgan fingerprint density at radius 1 is 1.03 bits per heavy atom. The molecule has 3 rings (SSSR count). The Balaban J connectivity index is 1.64. The highest BCUT2D eigenvalue weighted by Crippen LogP contribution is 2.20. The van der Waals surface area contributed by atoms with Crippen molar-refractivity contribution in [1.29, 1.82) is 0 Å². The van der Waals surface area contributed by atoms with E-state index in [0.717, 1.165) is 5.56 Å². The first-order valence-corrected chi connectivity index (χ1v) is 10.6. The third-order valence-electron chi connectivity index (χ3n) is 4.09. The number of aromatic hydroxyl groups is 1. The number of rotatable bonds is 6. The van der Waals surface area contributed by atoms with Crippen LogP contribution in [0.15, 0.2) is 76.7 Å². The summed E-state index contributed by atoms with van der Waals surface area (Å²) >= 11 is 5.85. The number of halogens is 1. The van der Waals surface area contributed by atoms with Gasteiger partial charge < -0.3 is 5.11 Å². The van der Waals surface area contributed by atoms with Gasteiger partial charge in [-0.1, -0.05) is 29.3 Å². The van der Waals surface area contributed by atoms with Crippen LogP contribution in [0.3, 0.4) is 0 Å². The van der Waals surface area contributed by atoms with Crippen LogP contribution < -0.4 is 10.1 Å². The quantitative estimate of drug-likeness (QED) is 0.396. The molecular weight excluding hydrogens is 426 g/mol. The number of carbonyl (C=O) groups is 1. The molecule has 3 aromatic rings. The minimum Gasteiger partial charge on any atom is -0.507 e. The number of hydrogen-bond acceptors (Lipinski definition) is 5. The number of phenols is 1. The molecule has 1 amide bonds. The van der Waals surface area contributed by atoms with Gasteiger partial charge in [0, 0.05) is 21.8 Å². The summed E-state index contributed by atoms with van der Waals surface area (Å²) < 4.78 is 27.3. The van der Waals surface area contributed by atoms with Crippen LogP contribution in [0.5, 0.6) is 5.75 Å². The third-order valence-corrected chi connectivity index (χ3v) is 5.72. The van der Waals surface area contributed by atoms with Gasteiger partial charge in [-0.25, -0.2) is 13.8 Å². The normalized spacial score (nSPS) is 11.4. The molecule has 0 saturated carbocycles. The van der Waals surface area contributed by atoms with E-state index in [4.69, 9.17) is 11.6 Å². The number of carbonyl (C=O) groups excluding carboxylic acids is 1. The maximum absolute atomic E-state index is 12.4. The van der Waals surface area contributed by atoms with Gasteiger partial charge in [-0.3, -0.25) is 9.52 Å². The van der Waals surface area contributed by atoms with Crippen molar-refractivity contribution in [2.75, 3.05) is 4.72 Å². The number of nitrogens with one attached hydrogen (secondary N) is 2. The predicted molar refractivity (Wildman–Crippen MR) is 117 cm³/mol. The summed E-state index contributed by atoms with van der Waals surface area (Å²) in [4.78, 5) is 12.3. The molecule has 0 spiro atoms. The molecule has 0 bridgehead atoms. The van der Waals surface area contributed by atoms with Crippen molar-refractivity contribution in [3.05, 3.63) is 88.4 Å². The Morgan fingerprint density at radius 2 is 1.70 bits per heavy atom. The second-order valence-corrected chi connectivity index (χ2v) is 8.52. The maximum Gasteiger partial charge on any atom is 0.271 e. The molecule has 0 aliphatic carbocycles. The Morgan fingerprint density at radius 3 is 2.37 bits per heavy atom. The molecule has 0 aliphatic heterocycles. The lowest BCUT2D eigenvalue weighted by Gasteiger charge is -2.09. The number of amides is 1. The Hall–Kier alpha value is -3.36. The first-order valence-electron chi connectivity index (χ1n) is 8.76. The van der Waals surface area contributed by atoms with Gasteiger partial charge in [0.1, 0.15) is 5.75 Å². The van der Waals surface area contributed by atoms with Crippen molar-refractivity contribution in [1.82, 2.24) is 5.43 Å². The first-order chi connectivity index (χ1) is 14.2. The van der Waals surface area contributed by atoms with E-state index in [1.54, 1.807) is 12.1 Å². The van der Waals surface area contributed by atoms with Crippen molar-refractivity contribution in [2.24, 2.45) is 5.10 Å². The lowest BCUT2D eigenvalue weighted by Crippen LogP contribution is -2.18. The van der Waals surface area contributed by atoms with E-state index in [-0.39, 0.29) is 16.2 Å². The van der Waals surface area contributed by atoms with E-state index in [0.29, 0.717) is 16.3 Å². The van der Waals surface area contributed by atoms with Gasteiger partial charge in [-0.15, -0.1) is 0 Å². The lowest BCUT2D eigenvalue weighted by molar-refractivity contribution is 0.0955. The number of phenolic OH excluding ortho intramolecular Hbond substituents is 1. The van der Waals surface area contributed by atoms with E-state index in [9.17, 15) is 18.3 Å². The highest BCUT2D eigenvalue weighted by atomic mass is 35.5. The lowest BCUT2D eigenvalue weighted by atomic mass is 10.2. The standard InChI is InChI=1S/C21H18ClN3O4S/c1-14-2-9-19(10-3-14)30(28,29)25-18-7-4-15(5-8-18)21(27)24-23-13-16-12-17(22)6-11-20(16)26/h2-13,25-26H,1H3,(H,24,27)/b23-13-. The molecule has 0 saturated heterocycles. The largest absolute Gasteiger partial charge is 0.507 e. The number of sulfonamides is 1. The molecule has 0 atom stereocenters. The fourth-order valence-electron chi connectivity index (χ4n) is 2.47. The summed E-state index contributed by atoms with van der Waals surface area (Å²) in [7, 11) is -3.72. The number of hydrogen-bond donors (Lipinski definition) is 3. The number of hydrazone groups is 1. The molecular formula is C21H18ClN3O4S. The van der Waals surface area contributed by atoms with Gasteiger partial charge in [0.25, 0.3) is 15.9 Å². The van der Waals surface area contributed by atoms with Gasteiger partial charge in [-0.2, -0.15) is 5.10 Å². The number of benzene rings is 3. The van der Waals surface area contributed by atoms with E-state index in [1.807, 2.05) is 6.92 Å². The van der Waals surface area contributed by atoms with Crippen LogP contribution in [0.2, 0.25) is 5.02 Å². The number of nitrogens with zero attached hydrogens (tertiary/aromatic N) is 1. The molecule has 3 aromatic carbocycles. The molecule has 30 heavy (non-hydrogen) atoms. The molecule has 0 aliphatic rings. The van der Waals surface area contributed by atoms with Crippen LogP contribution in [-0.2, 0) is 10.0 Å². The fourth-order valence-corrected chi connectivity index (χ4v) is 3.71. The number of aryl methyl sites for hydroxylation is 1. The van der Waals surface area contributed by atoms with Crippen molar-refractivity contribution >= 4 is 39.4 Å². The zero-order chi connectivity index (χ0) is 21.7. The van der Waals surface area contributed by atoms with Crippen molar-refractivity contribution in [3.8, 4) is 5.75 Å². The first kappa shape index (κ1) is 21.4. The molecule has 154 valence electrons. The zero-order valence-corrected chi connectivity index (χ0v) is 17.4. The highest BCUT2D eigenvalue weighted by Gasteiger charge is 2.14. The Labute approximate surface area is 179 Å².